The van der Waals surface area contributed by atoms with Gasteiger partial charge in [-0.3, -0.25) is 4.79 Å². The van der Waals surface area contributed by atoms with Gasteiger partial charge in [0.2, 0.25) is 17.6 Å². The molecule has 0 radical (unpaired) electrons. The molecule has 1 aliphatic heterocycles. The van der Waals surface area contributed by atoms with Crippen LogP contribution in [0.2, 0.25) is 0 Å². The number of carbonyl (C=O) groups excluding carboxylic acids is 1. The molecule has 2 heterocycles. The van der Waals surface area contributed by atoms with Crippen LogP contribution in [0.4, 0.5) is 4.39 Å². The van der Waals surface area contributed by atoms with Crippen molar-refractivity contribution < 1.29 is 13.7 Å². The summed E-state index contributed by atoms with van der Waals surface area (Å²) in [4.78, 5) is 18.5. The molecule has 1 unspecified atom stereocenters. The Bertz CT molecular complexity index is 1000. The lowest BCUT2D eigenvalue weighted by atomic mass is 10.1. The highest BCUT2D eigenvalue weighted by molar-refractivity contribution is 9.10. The minimum absolute atomic E-state index is 0.0439. The summed E-state index contributed by atoms with van der Waals surface area (Å²) in [7, 11) is 0. The Morgan fingerprint density at radius 3 is 2.93 bits per heavy atom. The number of hydrogen-bond acceptors (Lipinski definition) is 4. The first kappa shape index (κ1) is 17.9. The van der Waals surface area contributed by atoms with Crippen molar-refractivity contribution in [3.8, 4) is 11.4 Å². The van der Waals surface area contributed by atoms with Gasteiger partial charge in [0, 0.05) is 28.6 Å². The van der Waals surface area contributed by atoms with Crippen LogP contribution in [0.25, 0.3) is 11.4 Å². The van der Waals surface area contributed by atoms with Gasteiger partial charge < -0.3 is 9.42 Å². The third kappa shape index (κ3) is 3.64. The van der Waals surface area contributed by atoms with E-state index in [1.54, 1.807) is 17.0 Å². The number of aryl methyl sites for hydroxylation is 1. The van der Waals surface area contributed by atoms with Gasteiger partial charge in [0.25, 0.3) is 0 Å². The fraction of sp³-hybridized carbons (Fsp3) is 0.250. The van der Waals surface area contributed by atoms with Crippen molar-refractivity contribution in [2.24, 2.45) is 0 Å². The predicted octanol–water partition coefficient (Wildman–Crippen LogP) is 4.81. The van der Waals surface area contributed by atoms with Crippen molar-refractivity contribution in [3.05, 3.63) is 69.8 Å². The molecule has 3 aromatic rings. The van der Waals surface area contributed by atoms with E-state index in [4.69, 9.17) is 4.52 Å². The Balaban J connectivity index is 1.60. The molecule has 7 heteroatoms. The lowest BCUT2D eigenvalue weighted by Gasteiger charge is -2.22. The van der Waals surface area contributed by atoms with Gasteiger partial charge in [-0.2, -0.15) is 4.98 Å². The highest BCUT2D eigenvalue weighted by Gasteiger charge is 2.36. The van der Waals surface area contributed by atoms with Gasteiger partial charge in [-0.25, -0.2) is 4.39 Å². The maximum Gasteiger partial charge on any atom is 0.249 e. The molecular weight excluding hydrogens is 413 g/mol. The average Bonchev–Trinajstić information content (AvgIpc) is 3.25. The molecule has 27 heavy (non-hydrogen) atoms. The second-order valence-electron chi connectivity index (χ2n) is 6.64. The first-order valence-corrected chi connectivity index (χ1v) is 9.44. The number of benzene rings is 2. The maximum absolute atomic E-state index is 14.2. The van der Waals surface area contributed by atoms with E-state index in [1.807, 2.05) is 31.2 Å². The fourth-order valence-electron chi connectivity index (χ4n) is 3.29. The molecule has 1 atom stereocenters. The van der Waals surface area contributed by atoms with Crippen LogP contribution in [0, 0.1) is 12.7 Å². The minimum Gasteiger partial charge on any atom is -0.337 e. The summed E-state index contributed by atoms with van der Waals surface area (Å²) in [5.41, 5.74) is 2.42. The Morgan fingerprint density at radius 1 is 1.30 bits per heavy atom. The third-order valence-corrected chi connectivity index (χ3v) is 5.18. The van der Waals surface area contributed by atoms with Crippen LogP contribution >= 0.6 is 15.9 Å². The molecule has 1 fully saturated rings. The SMILES string of the molecule is Cc1cccc(-c2noc(C3CCC(=O)N3Cc3ccc(Br)cc3F)n2)c1. The number of aromatic nitrogens is 2. The molecule has 0 spiro atoms. The van der Waals surface area contributed by atoms with E-state index in [0.29, 0.717) is 34.6 Å². The van der Waals surface area contributed by atoms with Gasteiger partial charge in [-0.1, -0.05) is 50.9 Å². The zero-order chi connectivity index (χ0) is 19.0. The molecule has 1 aliphatic rings. The highest BCUT2D eigenvalue weighted by Crippen LogP contribution is 2.34. The van der Waals surface area contributed by atoms with Gasteiger partial charge >= 0.3 is 0 Å². The molecule has 1 saturated heterocycles. The maximum atomic E-state index is 14.2. The Labute approximate surface area is 164 Å². The zero-order valence-electron chi connectivity index (χ0n) is 14.7. The lowest BCUT2D eigenvalue weighted by molar-refractivity contribution is -0.130. The van der Waals surface area contributed by atoms with Crippen LogP contribution < -0.4 is 0 Å². The molecule has 2 aromatic carbocycles. The van der Waals surface area contributed by atoms with Crippen LogP contribution in [-0.4, -0.2) is 20.9 Å². The number of amides is 1. The number of halogens is 2. The summed E-state index contributed by atoms with van der Waals surface area (Å²) < 4.78 is 20.3. The standard InChI is InChI=1S/C20H17BrFN3O2/c1-12-3-2-4-13(9-12)19-23-20(27-24-19)17-7-8-18(26)25(17)11-14-5-6-15(21)10-16(14)22/h2-6,9-10,17H,7-8,11H2,1H3. The molecule has 4 rings (SSSR count). The predicted molar refractivity (Wildman–Crippen MR) is 101 cm³/mol. The smallest absolute Gasteiger partial charge is 0.249 e. The normalized spacial score (nSPS) is 16.9. The van der Waals surface area contributed by atoms with Crippen molar-refractivity contribution in [2.45, 2.75) is 32.4 Å². The molecule has 0 aliphatic carbocycles. The lowest BCUT2D eigenvalue weighted by Crippen LogP contribution is -2.27. The molecule has 0 saturated carbocycles. The van der Waals surface area contributed by atoms with E-state index < -0.39 is 0 Å². The van der Waals surface area contributed by atoms with Gasteiger partial charge in [-0.05, 0) is 31.5 Å². The number of rotatable bonds is 4. The van der Waals surface area contributed by atoms with Crippen LogP contribution in [0.3, 0.4) is 0 Å². The summed E-state index contributed by atoms with van der Waals surface area (Å²) >= 11 is 3.25. The fourth-order valence-corrected chi connectivity index (χ4v) is 3.63. The number of hydrogen-bond donors (Lipinski definition) is 0. The second-order valence-corrected chi connectivity index (χ2v) is 7.55. The average molecular weight is 430 g/mol. The molecule has 0 N–H and O–H groups in total. The van der Waals surface area contributed by atoms with E-state index in [2.05, 4.69) is 26.1 Å². The molecule has 1 aromatic heterocycles. The quantitative estimate of drug-likeness (QED) is 0.596. The molecule has 138 valence electrons. The monoisotopic (exact) mass is 429 g/mol. The largest absolute Gasteiger partial charge is 0.337 e. The van der Waals surface area contributed by atoms with Crippen LogP contribution in [0.1, 0.15) is 35.9 Å². The Kier molecular flexibility index (Phi) is 4.78. The summed E-state index contributed by atoms with van der Waals surface area (Å²) in [5.74, 6) is 0.476. The van der Waals surface area contributed by atoms with Gasteiger partial charge in [-0.15, -0.1) is 0 Å². The van der Waals surface area contributed by atoms with E-state index in [0.717, 1.165) is 11.1 Å². The Hall–Kier alpha value is -2.54. The second kappa shape index (κ2) is 7.23. The van der Waals surface area contributed by atoms with Gasteiger partial charge in [0.1, 0.15) is 11.9 Å². The molecule has 5 nitrogen and oxygen atoms in total. The zero-order valence-corrected chi connectivity index (χ0v) is 16.2. The number of nitrogens with zero attached hydrogens (tertiary/aromatic N) is 3. The minimum atomic E-state index is -0.353. The van der Waals surface area contributed by atoms with Crippen molar-refractivity contribution in [1.82, 2.24) is 15.0 Å². The van der Waals surface area contributed by atoms with Gasteiger partial charge in [0.15, 0.2) is 0 Å². The molecule has 1 amide bonds. The van der Waals surface area contributed by atoms with Crippen LogP contribution in [-0.2, 0) is 11.3 Å². The Morgan fingerprint density at radius 2 is 2.15 bits per heavy atom. The summed E-state index contributed by atoms with van der Waals surface area (Å²) in [6.07, 6.45) is 0.956. The summed E-state index contributed by atoms with van der Waals surface area (Å²) in [5, 5.41) is 4.06. The first-order valence-electron chi connectivity index (χ1n) is 8.65. The van der Waals surface area contributed by atoms with Crippen molar-refractivity contribution >= 4 is 21.8 Å². The van der Waals surface area contributed by atoms with Crippen molar-refractivity contribution in [3.63, 3.8) is 0 Å². The van der Waals surface area contributed by atoms with Crippen molar-refractivity contribution in [1.29, 1.82) is 0 Å². The first-order chi connectivity index (χ1) is 13.0. The third-order valence-electron chi connectivity index (χ3n) is 4.69. The number of likely N-dealkylation sites (tertiary alicyclic amines) is 1. The van der Waals surface area contributed by atoms with E-state index >= 15 is 0 Å². The molecule has 0 bridgehead atoms. The summed E-state index contributed by atoms with van der Waals surface area (Å²) in [6, 6.07) is 12.3. The number of carbonyl (C=O) groups is 1. The van der Waals surface area contributed by atoms with Crippen molar-refractivity contribution in [2.75, 3.05) is 0 Å². The van der Waals surface area contributed by atoms with Crippen LogP contribution in [0.5, 0.6) is 0 Å². The topological polar surface area (TPSA) is 59.2 Å². The molecular formula is C20H17BrFN3O2. The van der Waals surface area contributed by atoms with E-state index in [-0.39, 0.29) is 24.3 Å². The van der Waals surface area contributed by atoms with Gasteiger partial charge in [0.05, 0.1) is 0 Å². The van der Waals surface area contributed by atoms with Crippen LogP contribution in [0.15, 0.2) is 51.5 Å². The highest BCUT2D eigenvalue weighted by atomic mass is 79.9. The van der Waals surface area contributed by atoms with E-state index in [1.165, 1.54) is 6.07 Å². The summed E-state index contributed by atoms with van der Waals surface area (Å²) in [6.45, 7) is 2.17. The van der Waals surface area contributed by atoms with E-state index in [9.17, 15) is 9.18 Å².